The molecule has 0 aliphatic heterocycles. The van der Waals surface area contributed by atoms with Gasteiger partial charge in [0.15, 0.2) is 18.6 Å². The lowest BCUT2D eigenvalue weighted by Crippen LogP contribution is -2.28. The van der Waals surface area contributed by atoms with E-state index in [-0.39, 0.29) is 5.91 Å². The molecule has 1 amide bonds. The molecule has 0 aliphatic carbocycles. The summed E-state index contributed by atoms with van der Waals surface area (Å²) >= 11 is 0. The minimum atomic E-state index is -0.213. The Balaban J connectivity index is 1.28. The lowest BCUT2D eigenvalue weighted by Gasteiger charge is -2.13. The fourth-order valence-electron chi connectivity index (χ4n) is 4.10. The molecule has 8 heteroatoms. The summed E-state index contributed by atoms with van der Waals surface area (Å²) in [5.41, 5.74) is 19.3. The van der Waals surface area contributed by atoms with Gasteiger partial charge in [0.2, 0.25) is 5.52 Å². The molecular formula is C29H29N7O+2. The van der Waals surface area contributed by atoms with Crippen molar-refractivity contribution in [1.29, 1.82) is 0 Å². The van der Waals surface area contributed by atoms with Crippen molar-refractivity contribution in [3.8, 4) is 0 Å². The van der Waals surface area contributed by atoms with E-state index in [1.165, 1.54) is 0 Å². The smallest absolute Gasteiger partial charge is 0.255 e. The van der Waals surface area contributed by atoms with Crippen molar-refractivity contribution in [1.82, 2.24) is 0 Å². The van der Waals surface area contributed by atoms with Crippen LogP contribution in [0.3, 0.4) is 0 Å². The molecule has 5 rings (SSSR count). The number of carbonyl (C=O) groups is 1. The molecule has 3 aromatic carbocycles. The number of hydrogen-bond acceptors (Lipinski definition) is 5. The van der Waals surface area contributed by atoms with E-state index < -0.39 is 0 Å². The number of benzene rings is 3. The standard InChI is InChI=1S/C29H27N7O/c1-35-14-11-22(12-15-35)32-21-6-3-19(4-7-21)29(37)33-23-8-9-27(25(31)18-23)34-26-13-16-36(2)28-10-5-20(30)17-24(26)28/h3-18H,30-31H2,1-2H3,(H,33,37)/p+2. The van der Waals surface area contributed by atoms with Crippen molar-refractivity contribution >= 4 is 56.6 Å². The Labute approximate surface area is 215 Å². The minimum Gasteiger partial charge on any atom is -0.399 e. The number of nitrogens with one attached hydrogen (secondary N) is 3. The Morgan fingerprint density at radius 2 is 1.41 bits per heavy atom. The van der Waals surface area contributed by atoms with Crippen LogP contribution in [0.5, 0.6) is 0 Å². The number of carbonyl (C=O) groups excluding carboxylic acids is 1. The van der Waals surface area contributed by atoms with Crippen LogP contribution in [0.1, 0.15) is 10.4 Å². The molecule has 0 bridgehead atoms. The number of aromatic nitrogens is 2. The molecule has 184 valence electrons. The fraction of sp³-hybridized carbons (Fsp3) is 0.0690. The van der Waals surface area contributed by atoms with Gasteiger partial charge in [-0.15, -0.1) is 0 Å². The third-order valence-electron chi connectivity index (χ3n) is 6.15. The van der Waals surface area contributed by atoms with Gasteiger partial charge in [0.05, 0.1) is 28.1 Å². The number of amides is 1. The van der Waals surface area contributed by atoms with E-state index in [2.05, 4.69) is 16.0 Å². The molecule has 0 saturated heterocycles. The molecule has 8 nitrogen and oxygen atoms in total. The molecule has 5 aromatic rings. The number of fused-ring (bicyclic) bond motifs is 1. The number of nitrogens with two attached hydrogens (primary N) is 2. The predicted octanol–water partition coefficient (Wildman–Crippen LogP) is 4.39. The summed E-state index contributed by atoms with van der Waals surface area (Å²) < 4.78 is 4.00. The number of nitrogen functional groups attached to an aromatic ring is 2. The van der Waals surface area contributed by atoms with E-state index in [1.54, 1.807) is 18.2 Å². The number of aryl methyl sites for hydroxylation is 2. The maximum absolute atomic E-state index is 12.8. The van der Waals surface area contributed by atoms with Crippen molar-refractivity contribution < 1.29 is 13.9 Å². The molecule has 37 heavy (non-hydrogen) atoms. The summed E-state index contributed by atoms with van der Waals surface area (Å²) in [7, 11) is 3.96. The summed E-state index contributed by atoms with van der Waals surface area (Å²) in [5.74, 6) is -0.213. The highest BCUT2D eigenvalue weighted by Crippen LogP contribution is 2.30. The first-order valence-electron chi connectivity index (χ1n) is 11.8. The quantitative estimate of drug-likeness (QED) is 0.179. The number of anilines is 7. The maximum Gasteiger partial charge on any atom is 0.255 e. The van der Waals surface area contributed by atoms with E-state index in [1.807, 2.05) is 102 Å². The monoisotopic (exact) mass is 491 g/mol. The van der Waals surface area contributed by atoms with E-state index in [0.717, 1.165) is 33.7 Å². The zero-order valence-electron chi connectivity index (χ0n) is 20.7. The molecule has 2 aromatic heterocycles. The van der Waals surface area contributed by atoms with Gasteiger partial charge < -0.3 is 27.4 Å². The second-order valence-electron chi connectivity index (χ2n) is 8.95. The van der Waals surface area contributed by atoms with Crippen LogP contribution < -0.4 is 36.6 Å². The van der Waals surface area contributed by atoms with Crippen LogP contribution in [0.25, 0.3) is 10.9 Å². The Hall–Kier alpha value is -5.11. The van der Waals surface area contributed by atoms with Crippen molar-refractivity contribution in [3.05, 3.63) is 103 Å². The second-order valence-corrected chi connectivity index (χ2v) is 8.95. The van der Waals surface area contributed by atoms with Gasteiger partial charge in [0, 0.05) is 46.9 Å². The highest BCUT2D eigenvalue weighted by Gasteiger charge is 2.13. The summed E-state index contributed by atoms with van der Waals surface area (Å²) in [6, 6.07) is 24.5. The van der Waals surface area contributed by atoms with Crippen LogP contribution in [0.4, 0.5) is 39.8 Å². The Morgan fingerprint density at radius 3 is 2.14 bits per heavy atom. The van der Waals surface area contributed by atoms with Crippen molar-refractivity contribution in [2.24, 2.45) is 14.1 Å². The third-order valence-corrected chi connectivity index (χ3v) is 6.15. The van der Waals surface area contributed by atoms with Crippen molar-refractivity contribution in [2.45, 2.75) is 0 Å². The highest BCUT2D eigenvalue weighted by atomic mass is 16.1. The molecule has 0 fully saturated rings. The Kier molecular flexibility index (Phi) is 6.30. The van der Waals surface area contributed by atoms with E-state index in [4.69, 9.17) is 11.5 Å². The Morgan fingerprint density at radius 1 is 0.703 bits per heavy atom. The average Bonchev–Trinajstić information content (AvgIpc) is 2.89. The van der Waals surface area contributed by atoms with E-state index in [9.17, 15) is 4.79 Å². The topological polar surface area (TPSA) is 113 Å². The van der Waals surface area contributed by atoms with Gasteiger partial charge in [-0.3, -0.25) is 4.79 Å². The van der Waals surface area contributed by atoms with Gasteiger partial charge in [-0.2, -0.15) is 0 Å². The second kappa shape index (κ2) is 9.87. The zero-order valence-corrected chi connectivity index (χ0v) is 20.7. The first-order chi connectivity index (χ1) is 17.9. The number of hydrogen-bond donors (Lipinski definition) is 5. The largest absolute Gasteiger partial charge is 0.399 e. The summed E-state index contributed by atoms with van der Waals surface area (Å²) in [6.45, 7) is 0. The molecule has 0 radical (unpaired) electrons. The number of rotatable bonds is 6. The maximum atomic E-state index is 12.8. The molecule has 0 saturated carbocycles. The molecule has 0 atom stereocenters. The highest BCUT2D eigenvalue weighted by molar-refractivity contribution is 6.05. The van der Waals surface area contributed by atoms with Crippen LogP contribution in [0.2, 0.25) is 0 Å². The summed E-state index contributed by atoms with van der Waals surface area (Å²) in [6.07, 6.45) is 5.91. The lowest BCUT2D eigenvalue weighted by atomic mass is 10.1. The first-order valence-corrected chi connectivity index (χ1v) is 11.8. The molecule has 7 N–H and O–H groups in total. The summed E-state index contributed by atoms with van der Waals surface area (Å²) in [5, 5.41) is 10.6. The zero-order chi connectivity index (χ0) is 25.9. The van der Waals surface area contributed by atoms with Crippen LogP contribution >= 0.6 is 0 Å². The van der Waals surface area contributed by atoms with Gasteiger partial charge in [-0.25, -0.2) is 9.13 Å². The first kappa shape index (κ1) is 23.6. The van der Waals surface area contributed by atoms with Gasteiger partial charge in [0.25, 0.3) is 5.91 Å². The predicted molar refractivity (Wildman–Crippen MR) is 149 cm³/mol. The lowest BCUT2D eigenvalue weighted by molar-refractivity contribution is -0.671. The van der Waals surface area contributed by atoms with E-state index in [0.29, 0.717) is 22.6 Å². The van der Waals surface area contributed by atoms with E-state index >= 15 is 0 Å². The van der Waals surface area contributed by atoms with Crippen molar-refractivity contribution in [2.75, 3.05) is 27.4 Å². The van der Waals surface area contributed by atoms with Crippen LogP contribution in [0.15, 0.2) is 97.5 Å². The SMILES string of the molecule is C[n+]1ccc(Nc2ccc(C(=O)Nc3ccc(Nc4cc[n+](C)c5ccc(N)cc45)c(N)c3)cc2)cc1. The van der Waals surface area contributed by atoms with Crippen molar-refractivity contribution in [3.63, 3.8) is 0 Å². The minimum absolute atomic E-state index is 0.213. The van der Waals surface area contributed by atoms with Gasteiger partial charge in [0.1, 0.15) is 14.1 Å². The van der Waals surface area contributed by atoms with Crippen LogP contribution in [-0.4, -0.2) is 5.91 Å². The molecule has 2 heterocycles. The Bertz CT molecular complexity index is 1600. The molecule has 0 unspecified atom stereocenters. The van der Waals surface area contributed by atoms with Crippen LogP contribution in [0, 0.1) is 0 Å². The normalized spacial score (nSPS) is 10.8. The number of pyridine rings is 2. The van der Waals surface area contributed by atoms with Gasteiger partial charge in [-0.1, -0.05) is 0 Å². The van der Waals surface area contributed by atoms with Gasteiger partial charge in [-0.05, 0) is 54.6 Å². The number of nitrogens with zero attached hydrogens (tertiary/aromatic N) is 2. The molecule has 0 spiro atoms. The average molecular weight is 492 g/mol. The van der Waals surface area contributed by atoms with Crippen LogP contribution in [-0.2, 0) is 14.1 Å². The molecular weight excluding hydrogens is 462 g/mol. The van der Waals surface area contributed by atoms with Gasteiger partial charge >= 0.3 is 0 Å². The fourth-order valence-corrected chi connectivity index (χ4v) is 4.10. The molecule has 0 aliphatic rings. The third kappa shape index (κ3) is 5.28. The summed E-state index contributed by atoms with van der Waals surface area (Å²) in [4.78, 5) is 12.8.